The number of carbonyl (C=O) groups is 1. The fraction of sp³-hybridized carbons (Fsp3) is 0.833. The zero-order valence-electron chi connectivity index (χ0n) is 9.48. The molecule has 0 atom stereocenters. The van der Waals surface area contributed by atoms with Crippen molar-refractivity contribution in [1.29, 1.82) is 5.26 Å². The Bertz CT molecular complexity index is 307. The van der Waals surface area contributed by atoms with E-state index in [2.05, 4.69) is 11.0 Å². The third kappa shape index (κ3) is 1.80. The van der Waals surface area contributed by atoms with Gasteiger partial charge in [0.1, 0.15) is 5.54 Å². The highest BCUT2D eigenvalue weighted by molar-refractivity contribution is 5.79. The molecule has 0 aromatic heterocycles. The Morgan fingerprint density at radius 1 is 1.31 bits per heavy atom. The van der Waals surface area contributed by atoms with E-state index in [1.807, 2.05) is 0 Å². The zero-order chi connectivity index (χ0) is 11.6. The van der Waals surface area contributed by atoms with Crippen molar-refractivity contribution in [3.63, 3.8) is 0 Å². The fourth-order valence-corrected chi connectivity index (χ4v) is 3.06. The molecule has 0 spiro atoms. The highest BCUT2D eigenvalue weighted by atomic mass is 16.4. The van der Waals surface area contributed by atoms with E-state index >= 15 is 0 Å². The van der Waals surface area contributed by atoms with Gasteiger partial charge in [0.2, 0.25) is 0 Å². The van der Waals surface area contributed by atoms with E-state index in [1.165, 1.54) is 0 Å². The van der Waals surface area contributed by atoms with Gasteiger partial charge in [0.05, 0.1) is 6.07 Å². The minimum absolute atomic E-state index is 0.128. The number of piperidine rings is 1. The number of carboxylic acids is 1. The molecule has 0 amide bonds. The lowest BCUT2D eigenvalue weighted by Gasteiger charge is -2.41. The maximum atomic E-state index is 11.5. The van der Waals surface area contributed by atoms with Crippen LogP contribution in [0.15, 0.2) is 0 Å². The van der Waals surface area contributed by atoms with Crippen molar-refractivity contribution in [2.75, 3.05) is 13.1 Å². The van der Waals surface area contributed by atoms with E-state index in [9.17, 15) is 9.90 Å². The summed E-state index contributed by atoms with van der Waals surface area (Å²) in [5.74, 6) is -0.538. The van der Waals surface area contributed by atoms with E-state index in [0.29, 0.717) is 0 Å². The van der Waals surface area contributed by atoms with Crippen LogP contribution < -0.4 is 0 Å². The molecule has 1 saturated carbocycles. The van der Waals surface area contributed by atoms with Crippen LogP contribution in [0.4, 0.5) is 0 Å². The van der Waals surface area contributed by atoms with Gasteiger partial charge in [0.15, 0.2) is 0 Å². The molecular formula is C12H18N2O2. The van der Waals surface area contributed by atoms with Gasteiger partial charge < -0.3 is 5.11 Å². The van der Waals surface area contributed by atoms with Crippen molar-refractivity contribution in [3.8, 4) is 6.07 Å². The monoisotopic (exact) mass is 222 g/mol. The summed E-state index contributed by atoms with van der Waals surface area (Å²) in [4.78, 5) is 13.6. The predicted octanol–water partition coefficient (Wildman–Crippen LogP) is 1.62. The van der Waals surface area contributed by atoms with Gasteiger partial charge in [-0.25, -0.2) is 0 Å². The summed E-state index contributed by atoms with van der Waals surface area (Å²) in [6.07, 6.45) is 5.24. The molecule has 0 aromatic rings. The first kappa shape index (κ1) is 11.4. The Morgan fingerprint density at radius 2 is 1.88 bits per heavy atom. The number of hydrogen-bond donors (Lipinski definition) is 1. The van der Waals surface area contributed by atoms with E-state index in [1.54, 1.807) is 0 Å². The van der Waals surface area contributed by atoms with Gasteiger partial charge >= 0.3 is 5.97 Å². The molecule has 1 aliphatic heterocycles. The zero-order valence-corrected chi connectivity index (χ0v) is 9.48. The molecule has 0 unspecified atom stereocenters. The Kier molecular flexibility index (Phi) is 3.15. The van der Waals surface area contributed by atoms with Gasteiger partial charge in [0.25, 0.3) is 0 Å². The molecule has 16 heavy (non-hydrogen) atoms. The van der Waals surface area contributed by atoms with Gasteiger partial charge in [-0.3, -0.25) is 9.69 Å². The summed E-state index contributed by atoms with van der Waals surface area (Å²) in [5, 5.41) is 18.3. The molecule has 88 valence electrons. The smallest absolute Gasteiger partial charge is 0.324 e. The number of hydrogen-bond acceptors (Lipinski definition) is 3. The lowest BCUT2D eigenvalue weighted by molar-refractivity contribution is -0.152. The summed E-state index contributed by atoms with van der Waals surface area (Å²) in [6.45, 7) is 1.54. The largest absolute Gasteiger partial charge is 0.480 e. The van der Waals surface area contributed by atoms with Crippen molar-refractivity contribution in [2.45, 2.75) is 44.1 Å². The molecule has 1 saturated heterocycles. The van der Waals surface area contributed by atoms with Gasteiger partial charge in [-0.1, -0.05) is 12.8 Å². The highest BCUT2D eigenvalue weighted by Crippen LogP contribution is 2.37. The normalized spacial score (nSPS) is 26.4. The average molecular weight is 222 g/mol. The number of nitriles is 1. The third-order valence-electron chi connectivity index (χ3n) is 4.11. The summed E-state index contributed by atoms with van der Waals surface area (Å²) >= 11 is 0. The van der Waals surface area contributed by atoms with Gasteiger partial charge in [-0.15, -0.1) is 0 Å². The number of nitrogens with zero attached hydrogens (tertiary/aromatic N) is 2. The molecule has 1 heterocycles. The molecule has 0 aromatic carbocycles. The van der Waals surface area contributed by atoms with Crippen LogP contribution in [0, 0.1) is 17.2 Å². The molecule has 1 N–H and O–H groups in total. The molecule has 1 aliphatic carbocycles. The lowest BCUT2D eigenvalue weighted by Crippen LogP contribution is -2.55. The Hall–Kier alpha value is -1.08. The van der Waals surface area contributed by atoms with Crippen molar-refractivity contribution < 1.29 is 9.90 Å². The van der Waals surface area contributed by atoms with E-state index in [0.717, 1.165) is 51.6 Å². The van der Waals surface area contributed by atoms with Crippen LogP contribution in [0.2, 0.25) is 0 Å². The number of likely N-dealkylation sites (tertiary alicyclic amines) is 1. The van der Waals surface area contributed by atoms with E-state index < -0.39 is 11.5 Å². The van der Waals surface area contributed by atoms with E-state index in [-0.39, 0.29) is 5.92 Å². The molecule has 0 bridgehead atoms. The van der Waals surface area contributed by atoms with Crippen LogP contribution in [-0.2, 0) is 4.79 Å². The second kappa shape index (κ2) is 4.42. The maximum Gasteiger partial charge on any atom is 0.324 e. The van der Waals surface area contributed by atoms with Gasteiger partial charge in [-0.05, 0) is 25.7 Å². The number of carboxylic acid groups (broad SMARTS) is 1. The topological polar surface area (TPSA) is 64.3 Å². The first-order valence-electron chi connectivity index (χ1n) is 6.07. The van der Waals surface area contributed by atoms with E-state index in [4.69, 9.17) is 5.26 Å². The van der Waals surface area contributed by atoms with Crippen molar-refractivity contribution in [3.05, 3.63) is 0 Å². The van der Waals surface area contributed by atoms with Crippen LogP contribution in [0.1, 0.15) is 38.5 Å². The molecule has 4 heteroatoms. The SMILES string of the molecule is N#CC1CCN(C2(C(=O)O)CCCC2)CC1. The Labute approximate surface area is 95.9 Å². The maximum absolute atomic E-state index is 11.5. The lowest BCUT2D eigenvalue weighted by atomic mass is 9.89. The fourth-order valence-electron chi connectivity index (χ4n) is 3.06. The standard InChI is InChI=1S/C12H18N2O2/c13-9-10-3-7-14(8-4-10)12(11(15)16)5-1-2-6-12/h10H,1-8H2,(H,15,16). The van der Waals surface area contributed by atoms with Gasteiger partial charge in [0, 0.05) is 19.0 Å². The molecule has 2 rings (SSSR count). The number of rotatable bonds is 2. The van der Waals surface area contributed by atoms with Crippen LogP contribution in [0.5, 0.6) is 0 Å². The molecular weight excluding hydrogens is 204 g/mol. The van der Waals surface area contributed by atoms with Crippen LogP contribution >= 0.6 is 0 Å². The van der Waals surface area contributed by atoms with Crippen molar-refractivity contribution >= 4 is 5.97 Å². The Morgan fingerprint density at radius 3 is 2.31 bits per heavy atom. The summed E-state index contributed by atoms with van der Waals surface area (Å²) in [7, 11) is 0. The average Bonchev–Trinajstić information content (AvgIpc) is 2.79. The first-order chi connectivity index (χ1) is 7.69. The number of aliphatic carboxylic acids is 1. The molecule has 2 fully saturated rings. The quantitative estimate of drug-likeness (QED) is 0.771. The van der Waals surface area contributed by atoms with Crippen molar-refractivity contribution in [2.24, 2.45) is 5.92 Å². The molecule has 0 radical (unpaired) electrons. The summed E-state index contributed by atoms with van der Waals surface area (Å²) < 4.78 is 0. The summed E-state index contributed by atoms with van der Waals surface area (Å²) in [6, 6.07) is 2.28. The van der Waals surface area contributed by atoms with Crippen LogP contribution in [0.25, 0.3) is 0 Å². The minimum atomic E-state index is -0.666. The first-order valence-corrected chi connectivity index (χ1v) is 6.07. The van der Waals surface area contributed by atoms with Gasteiger partial charge in [-0.2, -0.15) is 5.26 Å². The predicted molar refractivity (Wildman–Crippen MR) is 58.7 cm³/mol. The van der Waals surface area contributed by atoms with Crippen LogP contribution in [-0.4, -0.2) is 34.6 Å². The summed E-state index contributed by atoms with van der Waals surface area (Å²) in [5.41, 5.74) is -0.611. The van der Waals surface area contributed by atoms with Crippen molar-refractivity contribution in [1.82, 2.24) is 4.90 Å². The highest BCUT2D eigenvalue weighted by Gasteiger charge is 2.47. The second-order valence-corrected chi connectivity index (χ2v) is 4.93. The third-order valence-corrected chi connectivity index (χ3v) is 4.11. The second-order valence-electron chi connectivity index (χ2n) is 4.93. The molecule has 2 aliphatic rings. The minimum Gasteiger partial charge on any atom is -0.480 e. The molecule has 4 nitrogen and oxygen atoms in total. The van der Waals surface area contributed by atoms with Crippen LogP contribution in [0.3, 0.4) is 0 Å². The Balaban J connectivity index is 2.06.